The molecule has 0 aliphatic heterocycles. The number of primary amides is 1. The van der Waals surface area contributed by atoms with Gasteiger partial charge in [-0.15, -0.1) is 12.4 Å². The Labute approximate surface area is 99.5 Å². The first kappa shape index (κ1) is 20.2. The third kappa shape index (κ3) is 19.9. The van der Waals surface area contributed by atoms with Crippen LogP contribution in [0.3, 0.4) is 0 Å². The zero-order valence-electron chi connectivity index (χ0n) is 9.76. The first-order valence-electron chi connectivity index (χ1n) is 5.55. The molecule has 0 bridgehead atoms. The Morgan fingerprint density at radius 3 is 1.73 bits per heavy atom. The van der Waals surface area contributed by atoms with Crippen molar-refractivity contribution < 1.29 is 10.3 Å². The highest BCUT2D eigenvalue weighted by atomic mass is 35.5. The number of carbonyl (C=O) groups excluding carboxylic acids is 1. The summed E-state index contributed by atoms with van der Waals surface area (Å²) >= 11 is 0. The molecule has 0 aromatic heterocycles. The predicted molar refractivity (Wildman–Crippen MR) is 67.3 cm³/mol. The zero-order valence-corrected chi connectivity index (χ0v) is 10.6. The second kappa shape index (κ2) is 16.2. The number of carbonyl (C=O) groups is 1. The van der Waals surface area contributed by atoms with E-state index >= 15 is 0 Å². The molecule has 94 valence electrons. The van der Waals surface area contributed by atoms with Gasteiger partial charge < -0.3 is 11.2 Å². The molecule has 0 aromatic rings. The van der Waals surface area contributed by atoms with Crippen LogP contribution in [-0.4, -0.2) is 11.4 Å². The molecule has 4 N–H and O–H groups in total. The van der Waals surface area contributed by atoms with E-state index in [0.29, 0.717) is 6.42 Å². The van der Waals surface area contributed by atoms with E-state index in [1.807, 2.05) is 0 Å². The maximum atomic E-state index is 10.4. The molecule has 0 saturated heterocycles. The van der Waals surface area contributed by atoms with Gasteiger partial charge in [-0.25, -0.2) is 0 Å². The maximum absolute atomic E-state index is 10.4. The van der Waals surface area contributed by atoms with Gasteiger partial charge in [-0.1, -0.05) is 51.9 Å². The number of hydrogen-bond donors (Lipinski definition) is 1. The summed E-state index contributed by atoms with van der Waals surface area (Å²) < 4.78 is 0. The molecule has 0 rings (SSSR count). The van der Waals surface area contributed by atoms with Gasteiger partial charge in [0.25, 0.3) is 0 Å². The average molecular weight is 240 g/mol. The van der Waals surface area contributed by atoms with E-state index in [4.69, 9.17) is 5.73 Å². The van der Waals surface area contributed by atoms with Crippen LogP contribution in [0.15, 0.2) is 0 Å². The Bertz CT molecular complexity index is 132. The SMILES string of the molecule is CCCCCCCCCCC(N)=O.Cl.O. The number of halogens is 1. The largest absolute Gasteiger partial charge is 0.412 e. The van der Waals surface area contributed by atoms with Crippen LogP contribution < -0.4 is 5.73 Å². The van der Waals surface area contributed by atoms with E-state index in [2.05, 4.69) is 6.92 Å². The summed E-state index contributed by atoms with van der Waals surface area (Å²) in [5.41, 5.74) is 5.03. The number of hydrogen-bond acceptors (Lipinski definition) is 1. The van der Waals surface area contributed by atoms with Crippen molar-refractivity contribution >= 4 is 18.3 Å². The highest BCUT2D eigenvalue weighted by molar-refractivity contribution is 5.85. The van der Waals surface area contributed by atoms with Gasteiger partial charge in [-0.05, 0) is 6.42 Å². The lowest BCUT2D eigenvalue weighted by Gasteiger charge is -1.99. The average Bonchev–Trinajstić information content (AvgIpc) is 2.09. The van der Waals surface area contributed by atoms with E-state index in [1.165, 1.54) is 38.5 Å². The second-order valence-electron chi connectivity index (χ2n) is 3.69. The summed E-state index contributed by atoms with van der Waals surface area (Å²) in [6, 6.07) is 0. The Kier molecular flexibility index (Phi) is 21.7. The maximum Gasteiger partial charge on any atom is 0.217 e. The highest BCUT2D eigenvalue weighted by Crippen LogP contribution is 2.08. The molecule has 0 radical (unpaired) electrons. The van der Waals surface area contributed by atoms with E-state index in [0.717, 1.165) is 12.8 Å². The molecule has 0 aliphatic rings. The Morgan fingerprint density at radius 2 is 1.33 bits per heavy atom. The van der Waals surface area contributed by atoms with Crippen LogP contribution in [0.1, 0.15) is 64.7 Å². The van der Waals surface area contributed by atoms with Crippen molar-refractivity contribution in [3.8, 4) is 0 Å². The van der Waals surface area contributed by atoms with Gasteiger partial charge in [0.15, 0.2) is 0 Å². The minimum atomic E-state index is -0.161. The Morgan fingerprint density at radius 1 is 0.933 bits per heavy atom. The van der Waals surface area contributed by atoms with Gasteiger partial charge in [0.1, 0.15) is 0 Å². The van der Waals surface area contributed by atoms with E-state index in [-0.39, 0.29) is 23.8 Å². The quantitative estimate of drug-likeness (QED) is 0.617. The van der Waals surface area contributed by atoms with Gasteiger partial charge in [0.2, 0.25) is 5.91 Å². The smallest absolute Gasteiger partial charge is 0.217 e. The lowest BCUT2D eigenvalue weighted by Crippen LogP contribution is -2.09. The predicted octanol–water partition coefficient (Wildman–Crippen LogP) is 2.60. The van der Waals surface area contributed by atoms with Crippen LogP contribution in [0.5, 0.6) is 0 Å². The molecule has 1 amide bonds. The fourth-order valence-electron chi connectivity index (χ4n) is 1.43. The summed E-state index contributed by atoms with van der Waals surface area (Å²) in [5.74, 6) is -0.161. The van der Waals surface area contributed by atoms with E-state index in [1.54, 1.807) is 0 Å². The van der Waals surface area contributed by atoms with Gasteiger partial charge in [0, 0.05) is 6.42 Å². The fourth-order valence-corrected chi connectivity index (χ4v) is 1.43. The van der Waals surface area contributed by atoms with Crippen LogP contribution in [0.25, 0.3) is 0 Å². The molecule has 0 fully saturated rings. The molecule has 0 aliphatic carbocycles. The molecule has 0 aromatic carbocycles. The highest BCUT2D eigenvalue weighted by Gasteiger charge is 1.94. The summed E-state index contributed by atoms with van der Waals surface area (Å²) in [4.78, 5) is 10.4. The lowest BCUT2D eigenvalue weighted by molar-refractivity contribution is -0.118. The van der Waals surface area contributed by atoms with Gasteiger partial charge >= 0.3 is 0 Å². The molecule has 0 unspecified atom stereocenters. The first-order valence-corrected chi connectivity index (χ1v) is 5.55. The normalized spacial score (nSPS) is 8.87. The minimum absolute atomic E-state index is 0. The van der Waals surface area contributed by atoms with Crippen LogP contribution in [0, 0.1) is 0 Å². The second-order valence-corrected chi connectivity index (χ2v) is 3.69. The topological polar surface area (TPSA) is 74.6 Å². The Balaban J connectivity index is -0.000000720. The zero-order chi connectivity index (χ0) is 9.94. The molecule has 0 atom stereocenters. The van der Waals surface area contributed by atoms with Gasteiger partial charge in [0.05, 0.1) is 0 Å². The first-order chi connectivity index (χ1) is 6.27. The van der Waals surface area contributed by atoms with Crippen LogP contribution in [0.2, 0.25) is 0 Å². The summed E-state index contributed by atoms with van der Waals surface area (Å²) in [7, 11) is 0. The molecule has 15 heavy (non-hydrogen) atoms. The van der Waals surface area contributed by atoms with Crippen molar-refractivity contribution in [2.75, 3.05) is 0 Å². The summed E-state index contributed by atoms with van der Waals surface area (Å²) in [6.45, 7) is 2.23. The van der Waals surface area contributed by atoms with Crippen molar-refractivity contribution in [1.82, 2.24) is 0 Å². The van der Waals surface area contributed by atoms with Crippen LogP contribution in [-0.2, 0) is 4.79 Å². The molecule has 4 heteroatoms. The lowest BCUT2D eigenvalue weighted by atomic mass is 10.1. The van der Waals surface area contributed by atoms with Crippen molar-refractivity contribution in [2.45, 2.75) is 64.7 Å². The monoisotopic (exact) mass is 239 g/mol. The number of amides is 1. The summed E-state index contributed by atoms with van der Waals surface area (Å²) in [6.07, 6.45) is 10.7. The van der Waals surface area contributed by atoms with Crippen molar-refractivity contribution in [1.29, 1.82) is 0 Å². The van der Waals surface area contributed by atoms with Crippen molar-refractivity contribution in [2.24, 2.45) is 5.73 Å². The molecule has 0 spiro atoms. The third-order valence-corrected chi connectivity index (χ3v) is 2.28. The number of unbranched alkanes of at least 4 members (excludes halogenated alkanes) is 7. The number of nitrogens with two attached hydrogens (primary N) is 1. The van der Waals surface area contributed by atoms with Crippen molar-refractivity contribution in [3.63, 3.8) is 0 Å². The summed E-state index contributed by atoms with van der Waals surface area (Å²) in [5, 5.41) is 0. The standard InChI is InChI=1S/C11H23NO.ClH.H2O/c1-2-3-4-5-6-7-8-9-10-11(12)13;;/h2-10H2,1H3,(H2,12,13);1H;1H2. The molecule has 0 saturated carbocycles. The molecule has 0 heterocycles. The van der Waals surface area contributed by atoms with Gasteiger partial charge in [-0.3, -0.25) is 4.79 Å². The molecule has 3 nitrogen and oxygen atoms in total. The third-order valence-electron chi connectivity index (χ3n) is 2.28. The Hall–Kier alpha value is -0.280. The van der Waals surface area contributed by atoms with Crippen molar-refractivity contribution in [3.05, 3.63) is 0 Å². The van der Waals surface area contributed by atoms with Gasteiger partial charge in [-0.2, -0.15) is 0 Å². The minimum Gasteiger partial charge on any atom is -0.412 e. The van der Waals surface area contributed by atoms with Crippen LogP contribution in [0.4, 0.5) is 0 Å². The van der Waals surface area contributed by atoms with Crippen LogP contribution >= 0.6 is 12.4 Å². The number of rotatable bonds is 9. The van der Waals surface area contributed by atoms with E-state index < -0.39 is 0 Å². The fraction of sp³-hybridized carbons (Fsp3) is 0.909. The molecular weight excluding hydrogens is 214 g/mol. The molecular formula is C11H26ClNO2. The van der Waals surface area contributed by atoms with E-state index in [9.17, 15) is 4.79 Å².